The molecule has 126 valence electrons. The Labute approximate surface area is 157 Å². The average molecular weight is 394 g/mol. The molecule has 0 spiro atoms. The van der Waals surface area contributed by atoms with E-state index >= 15 is 0 Å². The minimum absolute atomic E-state index is 0.240. The van der Waals surface area contributed by atoms with Gasteiger partial charge in [-0.15, -0.1) is 0 Å². The van der Waals surface area contributed by atoms with E-state index < -0.39 is 0 Å². The number of nitrogens with one attached hydrogen (secondary N) is 1. The molecule has 1 aliphatic heterocycles. The summed E-state index contributed by atoms with van der Waals surface area (Å²) in [5.41, 5.74) is 5.19. The summed E-state index contributed by atoms with van der Waals surface area (Å²) in [5, 5.41) is 3.63. The van der Waals surface area contributed by atoms with Gasteiger partial charge in [0.1, 0.15) is 12.4 Å². The van der Waals surface area contributed by atoms with Crippen LogP contribution in [0.2, 0.25) is 0 Å². The van der Waals surface area contributed by atoms with Crippen molar-refractivity contribution in [2.75, 3.05) is 6.54 Å². The lowest BCUT2D eigenvalue weighted by molar-refractivity contribution is 0.305. The highest BCUT2D eigenvalue weighted by atomic mass is 79.9. The molecule has 3 heteroatoms. The molecule has 0 saturated carbocycles. The van der Waals surface area contributed by atoms with E-state index in [0.29, 0.717) is 6.61 Å². The summed E-state index contributed by atoms with van der Waals surface area (Å²) >= 11 is 3.58. The van der Waals surface area contributed by atoms with Crippen LogP contribution in [0, 0.1) is 0 Å². The minimum atomic E-state index is 0.240. The summed E-state index contributed by atoms with van der Waals surface area (Å²) in [4.78, 5) is 0. The van der Waals surface area contributed by atoms with Gasteiger partial charge in [0.2, 0.25) is 0 Å². The Morgan fingerprint density at radius 2 is 1.84 bits per heavy atom. The van der Waals surface area contributed by atoms with Crippen molar-refractivity contribution in [2.45, 2.75) is 19.1 Å². The summed E-state index contributed by atoms with van der Waals surface area (Å²) in [5.74, 6) is 0.942. The first kappa shape index (κ1) is 16.4. The fourth-order valence-electron chi connectivity index (χ4n) is 3.36. The highest BCUT2D eigenvalue weighted by Crippen LogP contribution is 2.32. The smallest absolute Gasteiger partial charge is 0.120 e. The Hall–Kier alpha value is -2.10. The summed E-state index contributed by atoms with van der Waals surface area (Å²) in [6, 6.07) is 25.5. The van der Waals surface area contributed by atoms with Crippen molar-refractivity contribution >= 4 is 15.9 Å². The van der Waals surface area contributed by atoms with E-state index in [-0.39, 0.29) is 6.04 Å². The van der Waals surface area contributed by atoms with Crippen LogP contribution in [0.25, 0.3) is 0 Å². The van der Waals surface area contributed by atoms with Gasteiger partial charge in [-0.2, -0.15) is 0 Å². The van der Waals surface area contributed by atoms with Crippen LogP contribution in [0.3, 0.4) is 0 Å². The number of benzene rings is 3. The monoisotopic (exact) mass is 393 g/mol. The molecule has 4 rings (SSSR count). The molecule has 1 atom stereocenters. The highest BCUT2D eigenvalue weighted by Gasteiger charge is 2.21. The lowest BCUT2D eigenvalue weighted by atomic mass is 9.90. The molecule has 25 heavy (non-hydrogen) atoms. The summed E-state index contributed by atoms with van der Waals surface area (Å²) in [6.45, 7) is 1.58. The van der Waals surface area contributed by atoms with Crippen LogP contribution in [-0.4, -0.2) is 6.54 Å². The van der Waals surface area contributed by atoms with E-state index in [2.05, 4.69) is 75.8 Å². The number of halogens is 1. The first-order chi connectivity index (χ1) is 12.3. The molecule has 1 unspecified atom stereocenters. The lowest BCUT2D eigenvalue weighted by Gasteiger charge is -2.28. The number of hydrogen-bond donors (Lipinski definition) is 1. The quantitative estimate of drug-likeness (QED) is 0.652. The molecule has 3 aromatic rings. The van der Waals surface area contributed by atoms with Crippen molar-refractivity contribution in [3.63, 3.8) is 0 Å². The summed E-state index contributed by atoms with van der Waals surface area (Å²) in [7, 11) is 0. The Balaban J connectivity index is 1.56. The first-order valence-electron chi connectivity index (χ1n) is 8.58. The Morgan fingerprint density at radius 1 is 0.960 bits per heavy atom. The van der Waals surface area contributed by atoms with E-state index in [0.717, 1.165) is 23.2 Å². The largest absolute Gasteiger partial charge is 0.489 e. The van der Waals surface area contributed by atoms with E-state index in [9.17, 15) is 0 Å². The number of ether oxygens (including phenoxy) is 1. The number of hydrogen-bond acceptors (Lipinski definition) is 2. The number of fused-ring (bicyclic) bond motifs is 1. The fraction of sp³-hybridized carbons (Fsp3) is 0.182. The molecular formula is C22H20BrNO. The second-order valence-corrected chi connectivity index (χ2v) is 7.24. The lowest BCUT2D eigenvalue weighted by Crippen LogP contribution is -2.30. The summed E-state index contributed by atoms with van der Waals surface area (Å²) in [6.07, 6.45) is 1.03. The zero-order valence-electron chi connectivity index (χ0n) is 13.9. The molecule has 0 fully saturated rings. The van der Waals surface area contributed by atoms with Gasteiger partial charge in [0.15, 0.2) is 0 Å². The van der Waals surface area contributed by atoms with Crippen LogP contribution in [0.15, 0.2) is 77.3 Å². The topological polar surface area (TPSA) is 21.3 Å². The van der Waals surface area contributed by atoms with E-state index in [4.69, 9.17) is 4.74 Å². The first-order valence-corrected chi connectivity index (χ1v) is 9.37. The molecule has 2 nitrogen and oxygen atoms in total. The summed E-state index contributed by atoms with van der Waals surface area (Å²) < 4.78 is 7.10. The molecule has 0 bridgehead atoms. The van der Waals surface area contributed by atoms with Crippen molar-refractivity contribution < 1.29 is 4.74 Å². The van der Waals surface area contributed by atoms with Gasteiger partial charge in [-0.3, -0.25) is 0 Å². The zero-order valence-corrected chi connectivity index (χ0v) is 15.5. The van der Waals surface area contributed by atoms with Crippen LogP contribution in [0.4, 0.5) is 0 Å². The molecule has 1 aliphatic rings. The second-order valence-electron chi connectivity index (χ2n) is 6.33. The third-order valence-corrected chi connectivity index (χ3v) is 5.09. The standard InChI is InChI=1S/C22H20BrNO/c23-19-8-4-7-18(13-19)22-21-10-9-20(14-17(21)11-12-24-22)25-15-16-5-2-1-3-6-16/h1-10,13-14,22,24H,11-12,15H2. The second kappa shape index (κ2) is 7.42. The van der Waals surface area contributed by atoms with Gasteiger partial charge in [-0.25, -0.2) is 0 Å². The Bertz CT molecular complexity index is 863. The maximum atomic E-state index is 5.99. The predicted octanol–water partition coefficient (Wildman–Crippen LogP) is 5.26. The Morgan fingerprint density at radius 3 is 2.68 bits per heavy atom. The van der Waals surface area contributed by atoms with Crippen LogP contribution >= 0.6 is 15.9 Å². The predicted molar refractivity (Wildman–Crippen MR) is 105 cm³/mol. The molecule has 0 aliphatic carbocycles. The van der Waals surface area contributed by atoms with Gasteiger partial charge >= 0.3 is 0 Å². The molecule has 3 aromatic carbocycles. The van der Waals surface area contributed by atoms with Crippen molar-refractivity contribution in [2.24, 2.45) is 0 Å². The molecule has 0 saturated heterocycles. The zero-order chi connectivity index (χ0) is 17.1. The van der Waals surface area contributed by atoms with Crippen molar-refractivity contribution in [3.8, 4) is 5.75 Å². The molecule has 1 N–H and O–H groups in total. The van der Waals surface area contributed by atoms with Gasteiger partial charge in [-0.05, 0) is 52.9 Å². The van der Waals surface area contributed by atoms with Gasteiger partial charge in [0.25, 0.3) is 0 Å². The van der Waals surface area contributed by atoms with Crippen LogP contribution < -0.4 is 10.1 Å². The van der Waals surface area contributed by atoms with Crippen LogP contribution in [0.5, 0.6) is 5.75 Å². The van der Waals surface area contributed by atoms with Crippen molar-refractivity contribution in [1.82, 2.24) is 5.32 Å². The molecule has 0 radical (unpaired) electrons. The van der Waals surface area contributed by atoms with E-state index in [1.165, 1.54) is 22.3 Å². The van der Waals surface area contributed by atoms with E-state index in [1.54, 1.807) is 0 Å². The van der Waals surface area contributed by atoms with E-state index in [1.807, 2.05) is 18.2 Å². The fourth-order valence-corrected chi connectivity index (χ4v) is 3.77. The highest BCUT2D eigenvalue weighted by molar-refractivity contribution is 9.10. The third-order valence-electron chi connectivity index (χ3n) is 4.60. The number of rotatable bonds is 4. The van der Waals surface area contributed by atoms with Crippen LogP contribution in [0.1, 0.15) is 28.3 Å². The normalized spacial score (nSPS) is 16.3. The average Bonchev–Trinajstić information content (AvgIpc) is 2.66. The van der Waals surface area contributed by atoms with Gasteiger partial charge < -0.3 is 10.1 Å². The SMILES string of the molecule is Brc1cccc(C2NCCc3cc(OCc4ccccc4)ccc32)c1. The maximum Gasteiger partial charge on any atom is 0.120 e. The maximum absolute atomic E-state index is 5.99. The van der Waals surface area contributed by atoms with Crippen molar-refractivity contribution in [1.29, 1.82) is 0 Å². The minimum Gasteiger partial charge on any atom is -0.489 e. The molecular weight excluding hydrogens is 374 g/mol. The van der Waals surface area contributed by atoms with Gasteiger partial charge in [0.05, 0.1) is 6.04 Å². The van der Waals surface area contributed by atoms with Crippen LogP contribution in [-0.2, 0) is 13.0 Å². The molecule has 0 aromatic heterocycles. The molecule has 0 amide bonds. The van der Waals surface area contributed by atoms with Gasteiger partial charge in [-0.1, -0.05) is 64.5 Å². The third kappa shape index (κ3) is 3.78. The molecule has 1 heterocycles. The Kier molecular flexibility index (Phi) is 4.86. The van der Waals surface area contributed by atoms with Crippen molar-refractivity contribution in [3.05, 3.63) is 99.5 Å². The van der Waals surface area contributed by atoms with Gasteiger partial charge in [0, 0.05) is 11.0 Å².